The first-order valence-corrected chi connectivity index (χ1v) is 8.72. The Balaban J connectivity index is 1.81. The van der Waals surface area contributed by atoms with Crippen LogP contribution in [0.15, 0.2) is 54.7 Å². The zero-order chi connectivity index (χ0) is 19.4. The number of carbonyl (C=O) groups excluding carboxylic acids is 1. The monoisotopic (exact) mass is 361 g/mol. The summed E-state index contributed by atoms with van der Waals surface area (Å²) in [5.74, 6) is 0.321. The molecule has 3 rings (SSSR count). The van der Waals surface area contributed by atoms with Gasteiger partial charge in [-0.3, -0.25) is 9.78 Å². The Labute approximate surface area is 159 Å². The van der Waals surface area contributed by atoms with Gasteiger partial charge in [0.1, 0.15) is 11.4 Å². The number of benzene rings is 2. The number of hydrogen-bond donors (Lipinski definition) is 2. The molecule has 0 saturated carbocycles. The molecule has 0 unspecified atom stereocenters. The second-order valence-electron chi connectivity index (χ2n) is 6.53. The van der Waals surface area contributed by atoms with Crippen molar-refractivity contribution in [2.45, 2.75) is 20.8 Å². The van der Waals surface area contributed by atoms with E-state index in [1.165, 1.54) is 5.56 Å². The van der Waals surface area contributed by atoms with Crippen LogP contribution in [0.2, 0.25) is 0 Å². The number of rotatable bonds is 5. The Morgan fingerprint density at radius 2 is 1.67 bits per heavy atom. The molecule has 0 aliphatic carbocycles. The summed E-state index contributed by atoms with van der Waals surface area (Å²) in [5, 5.41) is 6.22. The summed E-state index contributed by atoms with van der Waals surface area (Å²) in [7, 11) is 1.58. The largest absolute Gasteiger partial charge is 0.495 e. The van der Waals surface area contributed by atoms with Gasteiger partial charge in [-0.05, 0) is 62.2 Å². The van der Waals surface area contributed by atoms with Crippen molar-refractivity contribution in [1.82, 2.24) is 4.98 Å². The van der Waals surface area contributed by atoms with E-state index in [-0.39, 0.29) is 5.91 Å². The molecule has 2 aromatic carbocycles. The maximum absolute atomic E-state index is 12.7. The van der Waals surface area contributed by atoms with Gasteiger partial charge in [0.15, 0.2) is 0 Å². The molecule has 5 nitrogen and oxygen atoms in total. The Bertz CT molecular complexity index is 983. The van der Waals surface area contributed by atoms with E-state index in [2.05, 4.69) is 28.6 Å². The highest BCUT2D eigenvalue weighted by atomic mass is 16.5. The number of anilines is 3. The molecule has 0 spiro atoms. The fraction of sp³-hybridized carbons (Fsp3) is 0.182. The van der Waals surface area contributed by atoms with E-state index in [0.717, 1.165) is 22.5 Å². The molecule has 0 fully saturated rings. The van der Waals surface area contributed by atoms with Gasteiger partial charge in [-0.15, -0.1) is 0 Å². The number of methoxy groups -OCH3 is 1. The molecule has 138 valence electrons. The topological polar surface area (TPSA) is 63.2 Å². The third-order valence-corrected chi connectivity index (χ3v) is 4.26. The highest BCUT2D eigenvalue weighted by molar-refractivity contribution is 6.04. The minimum atomic E-state index is -0.289. The average molecular weight is 361 g/mol. The van der Waals surface area contributed by atoms with Crippen molar-refractivity contribution >= 4 is 23.0 Å². The Morgan fingerprint density at radius 1 is 0.926 bits per heavy atom. The zero-order valence-corrected chi connectivity index (χ0v) is 16.0. The van der Waals surface area contributed by atoms with E-state index in [0.29, 0.717) is 17.1 Å². The van der Waals surface area contributed by atoms with Crippen LogP contribution in [0.3, 0.4) is 0 Å². The van der Waals surface area contributed by atoms with Crippen LogP contribution in [0.25, 0.3) is 0 Å². The van der Waals surface area contributed by atoms with E-state index in [9.17, 15) is 4.79 Å². The van der Waals surface area contributed by atoms with Gasteiger partial charge in [-0.25, -0.2) is 0 Å². The van der Waals surface area contributed by atoms with Gasteiger partial charge < -0.3 is 15.4 Å². The van der Waals surface area contributed by atoms with Gasteiger partial charge in [0, 0.05) is 17.6 Å². The zero-order valence-electron chi connectivity index (χ0n) is 16.0. The Morgan fingerprint density at radius 3 is 2.41 bits per heavy atom. The predicted molar refractivity (Wildman–Crippen MR) is 109 cm³/mol. The summed E-state index contributed by atoms with van der Waals surface area (Å²) in [6, 6.07) is 15.4. The number of amides is 1. The standard InChI is InChI=1S/C22H23N3O2/c1-14-5-7-18(16(3)11-14)24-17-9-10-23-20(13-17)22(26)25-19-12-15(2)6-8-21(19)27-4/h5-13H,1-4H3,(H,23,24)(H,25,26). The van der Waals surface area contributed by atoms with Gasteiger partial charge in [0.25, 0.3) is 5.91 Å². The van der Waals surface area contributed by atoms with Crippen LogP contribution < -0.4 is 15.4 Å². The second-order valence-corrected chi connectivity index (χ2v) is 6.53. The van der Waals surface area contributed by atoms with Gasteiger partial charge in [0.05, 0.1) is 12.8 Å². The van der Waals surface area contributed by atoms with Crippen LogP contribution in [0.1, 0.15) is 27.2 Å². The lowest BCUT2D eigenvalue weighted by Gasteiger charge is -2.13. The molecule has 1 amide bonds. The quantitative estimate of drug-likeness (QED) is 0.670. The number of nitrogens with zero attached hydrogens (tertiary/aromatic N) is 1. The van der Waals surface area contributed by atoms with Crippen LogP contribution in [-0.2, 0) is 0 Å². The van der Waals surface area contributed by atoms with Crippen molar-refractivity contribution in [2.24, 2.45) is 0 Å². The van der Waals surface area contributed by atoms with E-state index >= 15 is 0 Å². The molecular weight excluding hydrogens is 338 g/mol. The minimum Gasteiger partial charge on any atom is -0.495 e. The number of aromatic nitrogens is 1. The van der Waals surface area contributed by atoms with Gasteiger partial charge in [-0.1, -0.05) is 23.8 Å². The second kappa shape index (κ2) is 7.91. The summed E-state index contributed by atoms with van der Waals surface area (Å²) in [5.41, 5.74) is 6.13. The summed E-state index contributed by atoms with van der Waals surface area (Å²) in [4.78, 5) is 16.9. The molecule has 27 heavy (non-hydrogen) atoms. The maximum atomic E-state index is 12.7. The van der Waals surface area contributed by atoms with Crippen molar-refractivity contribution in [3.8, 4) is 5.75 Å². The smallest absolute Gasteiger partial charge is 0.274 e. The fourth-order valence-corrected chi connectivity index (χ4v) is 2.85. The molecule has 0 aliphatic heterocycles. The number of ether oxygens (including phenoxy) is 1. The molecule has 0 atom stereocenters. The number of aryl methyl sites for hydroxylation is 3. The SMILES string of the molecule is COc1ccc(C)cc1NC(=O)c1cc(Nc2ccc(C)cc2C)ccn1. The molecule has 0 saturated heterocycles. The van der Waals surface area contributed by atoms with E-state index in [4.69, 9.17) is 4.74 Å². The third kappa shape index (κ3) is 4.44. The van der Waals surface area contributed by atoms with E-state index in [1.807, 2.05) is 50.2 Å². The Hall–Kier alpha value is -3.34. The summed E-state index contributed by atoms with van der Waals surface area (Å²) < 4.78 is 5.32. The highest BCUT2D eigenvalue weighted by Gasteiger charge is 2.12. The predicted octanol–water partition coefficient (Wildman–Crippen LogP) is 5.01. The lowest BCUT2D eigenvalue weighted by Crippen LogP contribution is -2.14. The van der Waals surface area contributed by atoms with Crippen molar-refractivity contribution in [1.29, 1.82) is 0 Å². The molecule has 0 bridgehead atoms. The van der Waals surface area contributed by atoms with Crippen LogP contribution >= 0.6 is 0 Å². The first-order chi connectivity index (χ1) is 13.0. The molecular formula is C22H23N3O2. The molecule has 3 aromatic rings. The van der Waals surface area contributed by atoms with Crippen LogP contribution in [0, 0.1) is 20.8 Å². The van der Waals surface area contributed by atoms with Gasteiger partial charge in [-0.2, -0.15) is 0 Å². The normalized spacial score (nSPS) is 10.4. The van der Waals surface area contributed by atoms with Crippen LogP contribution in [0.5, 0.6) is 5.75 Å². The van der Waals surface area contributed by atoms with Gasteiger partial charge in [0.2, 0.25) is 0 Å². The number of carbonyl (C=O) groups is 1. The van der Waals surface area contributed by atoms with Crippen molar-refractivity contribution in [2.75, 3.05) is 17.7 Å². The Kier molecular flexibility index (Phi) is 5.41. The minimum absolute atomic E-state index is 0.289. The van der Waals surface area contributed by atoms with Crippen molar-refractivity contribution < 1.29 is 9.53 Å². The van der Waals surface area contributed by atoms with Crippen LogP contribution in [0.4, 0.5) is 17.1 Å². The maximum Gasteiger partial charge on any atom is 0.274 e. The molecule has 0 aliphatic rings. The van der Waals surface area contributed by atoms with Crippen LogP contribution in [-0.4, -0.2) is 18.0 Å². The molecule has 1 aromatic heterocycles. The highest BCUT2D eigenvalue weighted by Crippen LogP contribution is 2.26. The first-order valence-electron chi connectivity index (χ1n) is 8.72. The molecule has 5 heteroatoms. The average Bonchev–Trinajstić information content (AvgIpc) is 2.64. The summed E-state index contributed by atoms with van der Waals surface area (Å²) in [6.07, 6.45) is 1.62. The number of nitrogens with one attached hydrogen (secondary N) is 2. The van der Waals surface area contributed by atoms with Gasteiger partial charge >= 0.3 is 0 Å². The van der Waals surface area contributed by atoms with Crippen molar-refractivity contribution in [3.05, 3.63) is 77.1 Å². The third-order valence-electron chi connectivity index (χ3n) is 4.26. The van der Waals surface area contributed by atoms with E-state index < -0.39 is 0 Å². The molecule has 0 radical (unpaired) electrons. The number of hydrogen-bond acceptors (Lipinski definition) is 4. The van der Waals surface area contributed by atoms with E-state index in [1.54, 1.807) is 19.4 Å². The molecule has 1 heterocycles. The lowest BCUT2D eigenvalue weighted by atomic mass is 10.1. The lowest BCUT2D eigenvalue weighted by molar-refractivity contribution is 0.102. The fourth-order valence-electron chi connectivity index (χ4n) is 2.85. The summed E-state index contributed by atoms with van der Waals surface area (Å²) >= 11 is 0. The summed E-state index contributed by atoms with van der Waals surface area (Å²) in [6.45, 7) is 6.07. The number of pyridine rings is 1. The first kappa shape index (κ1) is 18.5. The van der Waals surface area contributed by atoms with Crippen molar-refractivity contribution in [3.63, 3.8) is 0 Å². The molecule has 2 N–H and O–H groups in total.